The lowest BCUT2D eigenvalue weighted by molar-refractivity contribution is -0.384. The molecule has 0 amide bonds. The van der Waals surface area contributed by atoms with Crippen molar-refractivity contribution in [1.82, 2.24) is 4.98 Å². The van der Waals surface area contributed by atoms with Gasteiger partial charge >= 0.3 is 11.9 Å². The van der Waals surface area contributed by atoms with Crippen molar-refractivity contribution in [2.75, 3.05) is 11.9 Å². The fourth-order valence-corrected chi connectivity index (χ4v) is 1.19. The molecule has 0 saturated carbocycles. The predicted octanol–water partition coefficient (Wildman–Crippen LogP) is 2.05. The van der Waals surface area contributed by atoms with Crippen LogP contribution in [0.2, 0.25) is 0 Å². The number of halogens is 5. The second kappa shape index (κ2) is 5.94. The van der Waals surface area contributed by atoms with E-state index in [-0.39, 0.29) is 0 Å². The van der Waals surface area contributed by atoms with Gasteiger partial charge in [-0.2, -0.15) is 13.2 Å². The minimum absolute atomic E-state index is 0.316. The molecule has 6 nitrogen and oxygen atoms in total. The second-order valence-corrected chi connectivity index (χ2v) is 3.62. The summed E-state index contributed by atoms with van der Waals surface area (Å²) in [7, 11) is 0. The standard InChI is InChI=1S/C9H8F5N3O3/c10-8(11)6(18)3-15-4-1-7(9(12,13)14)16-2-5(4)17(19)20/h1-2,6,8,18H,3H2,(H,15,16). The highest BCUT2D eigenvalue weighted by molar-refractivity contribution is 5.61. The first-order valence-electron chi connectivity index (χ1n) is 5.04. The fraction of sp³-hybridized carbons (Fsp3) is 0.444. The van der Waals surface area contributed by atoms with E-state index in [0.29, 0.717) is 12.3 Å². The summed E-state index contributed by atoms with van der Waals surface area (Å²) in [6, 6.07) is 0.316. The van der Waals surface area contributed by atoms with Crippen LogP contribution in [0.3, 0.4) is 0 Å². The Hall–Kier alpha value is -2.04. The van der Waals surface area contributed by atoms with E-state index < -0.39 is 47.2 Å². The van der Waals surface area contributed by atoms with Crippen LogP contribution in [0.15, 0.2) is 12.3 Å². The van der Waals surface area contributed by atoms with Gasteiger partial charge < -0.3 is 10.4 Å². The molecule has 0 saturated heterocycles. The highest BCUT2D eigenvalue weighted by Crippen LogP contribution is 2.32. The van der Waals surface area contributed by atoms with Crippen LogP contribution < -0.4 is 5.32 Å². The van der Waals surface area contributed by atoms with E-state index in [4.69, 9.17) is 5.11 Å². The molecular formula is C9H8F5N3O3. The number of nitrogens with zero attached hydrogens (tertiary/aromatic N) is 2. The molecular weight excluding hydrogens is 293 g/mol. The highest BCUT2D eigenvalue weighted by Gasteiger charge is 2.34. The van der Waals surface area contributed by atoms with Crippen LogP contribution in [0, 0.1) is 10.1 Å². The third kappa shape index (κ3) is 3.98. The number of aromatic nitrogens is 1. The quantitative estimate of drug-likeness (QED) is 0.493. The van der Waals surface area contributed by atoms with Gasteiger partial charge in [-0.1, -0.05) is 0 Å². The van der Waals surface area contributed by atoms with Gasteiger partial charge in [0.1, 0.15) is 23.7 Å². The Kier molecular flexibility index (Phi) is 4.76. The van der Waals surface area contributed by atoms with Gasteiger partial charge in [0.2, 0.25) is 0 Å². The van der Waals surface area contributed by atoms with Crippen LogP contribution in [0.1, 0.15) is 5.69 Å². The van der Waals surface area contributed by atoms with Crippen LogP contribution in [0.5, 0.6) is 0 Å². The summed E-state index contributed by atoms with van der Waals surface area (Å²) in [5.41, 5.74) is -2.89. The largest absolute Gasteiger partial charge is 0.433 e. The number of anilines is 1. The lowest BCUT2D eigenvalue weighted by atomic mass is 10.2. The molecule has 0 aliphatic rings. The van der Waals surface area contributed by atoms with Gasteiger partial charge in [-0.15, -0.1) is 0 Å². The molecule has 2 N–H and O–H groups in total. The molecule has 0 spiro atoms. The lowest BCUT2D eigenvalue weighted by Crippen LogP contribution is -2.27. The second-order valence-electron chi connectivity index (χ2n) is 3.62. The summed E-state index contributed by atoms with van der Waals surface area (Å²) < 4.78 is 61.3. The lowest BCUT2D eigenvalue weighted by Gasteiger charge is -2.13. The Morgan fingerprint density at radius 1 is 1.45 bits per heavy atom. The first-order valence-corrected chi connectivity index (χ1v) is 5.04. The van der Waals surface area contributed by atoms with Gasteiger partial charge in [-0.05, 0) is 6.07 Å². The normalized spacial score (nSPS) is 13.3. The molecule has 1 heterocycles. The topological polar surface area (TPSA) is 88.3 Å². The van der Waals surface area contributed by atoms with Crippen LogP contribution in [-0.4, -0.2) is 34.1 Å². The number of rotatable bonds is 5. The van der Waals surface area contributed by atoms with E-state index in [1.165, 1.54) is 0 Å². The summed E-state index contributed by atoms with van der Waals surface area (Å²) in [6.07, 6.45) is -9.78. The molecule has 0 aliphatic carbocycles. The zero-order chi connectivity index (χ0) is 15.5. The molecule has 1 aromatic heterocycles. The average molecular weight is 301 g/mol. The predicted molar refractivity (Wildman–Crippen MR) is 56.4 cm³/mol. The SMILES string of the molecule is O=[N+]([O-])c1cnc(C(F)(F)F)cc1NCC(O)C(F)F. The fourth-order valence-electron chi connectivity index (χ4n) is 1.19. The average Bonchev–Trinajstić information content (AvgIpc) is 2.34. The number of aliphatic hydroxyl groups excluding tert-OH is 1. The smallest absolute Gasteiger partial charge is 0.385 e. The Labute approximate surface area is 108 Å². The molecule has 11 heteroatoms. The molecule has 0 radical (unpaired) electrons. The van der Waals surface area contributed by atoms with Gasteiger partial charge in [0.05, 0.1) is 4.92 Å². The number of nitrogens with one attached hydrogen (secondary N) is 1. The van der Waals surface area contributed by atoms with E-state index in [1.807, 2.05) is 5.32 Å². The summed E-state index contributed by atoms with van der Waals surface area (Å²) in [5, 5.41) is 21.4. The van der Waals surface area contributed by atoms with E-state index in [0.717, 1.165) is 0 Å². The molecule has 0 fully saturated rings. The third-order valence-corrected chi connectivity index (χ3v) is 2.16. The Balaban J connectivity index is 3.04. The monoisotopic (exact) mass is 301 g/mol. The Morgan fingerprint density at radius 2 is 2.05 bits per heavy atom. The van der Waals surface area contributed by atoms with Crippen LogP contribution in [0.25, 0.3) is 0 Å². The van der Waals surface area contributed by atoms with Gasteiger partial charge in [0, 0.05) is 6.54 Å². The Bertz CT molecular complexity index is 494. The van der Waals surface area contributed by atoms with Crippen molar-refractivity contribution in [3.8, 4) is 0 Å². The maximum Gasteiger partial charge on any atom is 0.433 e. The number of hydrogen-bond donors (Lipinski definition) is 2. The molecule has 0 aromatic carbocycles. The van der Waals surface area contributed by atoms with Crippen molar-refractivity contribution in [2.45, 2.75) is 18.7 Å². The summed E-state index contributed by atoms with van der Waals surface area (Å²) >= 11 is 0. The van der Waals surface area contributed by atoms with Crippen molar-refractivity contribution in [3.63, 3.8) is 0 Å². The number of pyridine rings is 1. The highest BCUT2D eigenvalue weighted by atomic mass is 19.4. The zero-order valence-corrected chi connectivity index (χ0v) is 9.56. The van der Waals surface area contributed by atoms with Crippen molar-refractivity contribution < 1.29 is 32.0 Å². The van der Waals surface area contributed by atoms with Gasteiger partial charge in [0.15, 0.2) is 0 Å². The van der Waals surface area contributed by atoms with Crippen molar-refractivity contribution >= 4 is 11.4 Å². The first-order chi connectivity index (χ1) is 9.12. The molecule has 1 aromatic rings. The van der Waals surface area contributed by atoms with Crippen molar-refractivity contribution in [1.29, 1.82) is 0 Å². The van der Waals surface area contributed by atoms with Gasteiger partial charge in [0.25, 0.3) is 6.43 Å². The van der Waals surface area contributed by atoms with Crippen molar-refractivity contribution in [3.05, 3.63) is 28.1 Å². The molecule has 1 atom stereocenters. The maximum absolute atomic E-state index is 12.4. The number of hydrogen-bond acceptors (Lipinski definition) is 5. The van der Waals surface area contributed by atoms with Crippen LogP contribution in [-0.2, 0) is 6.18 Å². The molecule has 20 heavy (non-hydrogen) atoms. The number of aliphatic hydroxyl groups is 1. The minimum atomic E-state index is -4.84. The molecule has 1 unspecified atom stereocenters. The van der Waals surface area contributed by atoms with E-state index in [9.17, 15) is 32.1 Å². The van der Waals surface area contributed by atoms with E-state index in [1.54, 1.807) is 0 Å². The molecule has 1 rings (SSSR count). The number of alkyl halides is 5. The van der Waals surface area contributed by atoms with E-state index >= 15 is 0 Å². The van der Waals surface area contributed by atoms with E-state index in [2.05, 4.69) is 4.98 Å². The molecule has 0 aliphatic heterocycles. The minimum Gasteiger partial charge on any atom is -0.385 e. The third-order valence-electron chi connectivity index (χ3n) is 2.16. The first kappa shape index (κ1) is 16.0. The summed E-state index contributed by atoms with van der Waals surface area (Å²) in [5.74, 6) is 0. The summed E-state index contributed by atoms with van der Waals surface area (Å²) in [6.45, 7) is -0.847. The van der Waals surface area contributed by atoms with Crippen LogP contribution >= 0.6 is 0 Å². The Morgan fingerprint density at radius 3 is 2.50 bits per heavy atom. The molecule has 112 valence electrons. The zero-order valence-electron chi connectivity index (χ0n) is 9.56. The van der Waals surface area contributed by atoms with Gasteiger partial charge in [-0.25, -0.2) is 13.8 Å². The van der Waals surface area contributed by atoms with Crippen molar-refractivity contribution in [2.24, 2.45) is 0 Å². The maximum atomic E-state index is 12.4. The van der Waals surface area contributed by atoms with Gasteiger partial charge in [-0.3, -0.25) is 10.1 Å². The summed E-state index contributed by atoms with van der Waals surface area (Å²) in [4.78, 5) is 12.4. The van der Waals surface area contributed by atoms with Crippen LogP contribution in [0.4, 0.5) is 33.3 Å². The number of nitro groups is 1. The molecule has 0 bridgehead atoms.